The van der Waals surface area contributed by atoms with E-state index in [0.29, 0.717) is 32.5 Å². The van der Waals surface area contributed by atoms with Gasteiger partial charge < -0.3 is 10.1 Å². The van der Waals surface area contributed by atoms with Gasteiger partial charge in [-0.15, -0.1) is 10.2 Å². The normalized spacial score (nSPS) is 10.8. The Bertz CT molecular complexity index is 1210. The summed E-state index contributed by atoms with van der Waals surface area (Å²) in [7, 11) is 1.61. The summed E-state index contributed by atoms with van der Waals surface area (Å²) in [5.74, 6) is 1.16. The first-order chi connectivity index (χ1) is 15.1. The van der Waals surface area contributed by atoms with Crippen LogP contribution in [-0.4, -0.2) is 38.3 Å². The molecule has 0 unspecified atom stereocenters. The summed E-state index contributed by atoms with van der Waals surface area (Å²) in [6.07, 6.45) is 3.75. The number of amides is 1. The molecule has 4 aromatic rings. The largest absolute Gasteiger partial charge is 0.496 e. The van der Waals surface area contributed by atoms with Gasteiger partial charge in [0.2, 0.25) is 11.1 Å². The second kappa shape index (κ2) is 9.47. The van der Waals surface area contributed by atoms with Gasteiger partial charge in [0, 0.05) is 17.4 Å². The Labute approximate surface area is 192 Å². The second-order valence-electron chi connectivity index (χ2n) is 6.34. The van der Waals surface area contributed by atoms with E-state index in [4.69, 9.17) is 27.9 Å². The summed E-state index contributed by atoms with van der Waals surface area (Å²) >= 11 is 13.3. The van der Waals surface area contributed by atoms with Crippen molar-refractivity contribution in [2.24, 2.45) is 0 Å². The molecule has 10 heteroatoms. The third-order valence-corrected chi connectivity index (χ3v) is 5.78. The summed E-state index contributed by atoms with van der Waals surface area (Å²) in [5.41, 5.74) is 1.29. The number of benzene rings is 2. The number of nitrogens with zero attached hydrogens (tertiary/aromatic N) is 4. The topological polar surface area (TPSA) is 74.0 Å². The number of rotatable bonds is 7. The molecule has 0 aliphatic carbocycles. The highest BCUT2D eigenvalue weighted by molar-refractivity contribution is 7.99. The number of anilines is 1. The molecule has 0 fully saturated rings. The zero-order valence-corrected chi connectivity index (χ0v) is 18.7. The Morgan fingerprint density at radius 2 is 1.87 bits per heavy atom. The first kappa shape index (κ1) is 21.3. The lowest BCUT2D eigenvalue weighted by Crippen LogP contribution is -2.16. The fourth-order valence-corrected chi connectivity index (χ4v) is 4.12. The van der Waals surface area contributed by atoms with E-state index >= 15 is 0 Å². The molecule has 1 amide bonds. The predicted octanol–water partition coefficient (Wildman–Crippen LogP) is 5.10. The minimum Gasteiger partial charge on any atom is -0.496 e. The molecular formula is C21H17Cl2N5O2S. The van der Waals surface area contributed by atoms with Crippen molar-refractivity contribution in [1.29, 1.82) is 0 Å². The number of thioether (sulfide) groups is 1. The molecule has 0 radical (unpaired) electrons. The molecule has 0 spiro atoms. The maximum Gasteiger partial charge on any atom is 0.234 e. The van der Waals surface area contributed by atoms with Crippen LogP contribution in [0.2, 0.25) is 10.0 Å². The molecule has 0 saturated carbocycles. The quantitative estimate of drug-likeness (QED) is 0.377. The van der Waals surface area contributed by atoms with Gasteiger partial charge in [0.1, 0.15) is 5.75 Å². The maximum atomic E-state index is 12.5. The van der Waals surface area contributed by atoms with Crippen LogP contribution < -0.4 is 10.1 Å². The number of hydrogen-bond acceptors (Lipinski definition) is 5. The van der Waals surface area contributed by atoms with Crippen molar-refractivity contribution in [2.45, 2.75) is 5.16 Å². The van der Waals surface area contributed by atoms with Crippen molar-refractivity contribution in [1.82, 2.24) is 19.5 Å². The standard InChI is InChI=1S/C21H17Cl2N5O2S/c1-30-18-7-3-2-6-15(18)20-25-26-21(28(20)27-10-4-5-11-27)31-13-19(29)24-17-9-8-14(22)12-16(17)23/h2-12H,13H2,1H3,(H,24,29). The molecule has 1 N–H and O–H groups in total. The zero-order valence-electron chi connectivity index (χ0n) is 16.3. The number of carbonyl (C=O) groups excluding carboxylic acids is 1. The van der Waals surface area contributed by atoms with Crippen molar-refractivity contribution < 1.29 is 9.53 Å². The van der Waals surface area contributed by atoms with Crippen molar-refractivity contribution in [3.05, 3.63) is 77.0 Å². The second-order valence-corrected chi connectivity index (χ2v) is 8.13. The fraction of sp³-hybridized carbons (Fsp3) is 0.0952. The molecule has 4 rings (SSSR count). The molecule has 2 aromatic carbocycles. The van der Waals surface area contributed by atoms with Crippen LogP contribution in [0.5, 0.6) is 5.75 Å². The lowest BCUT2D eigenvalue weighted by atomic mass is 10.2. The highest BCUT2D eigenvalue weighted by Gasteiger charge is 2.19. The van der Waals surface area contributed by atoms with Gasteiger partial charge in [0.25, 0.3) is 0 Å². The van der Waals surface area contributed by atoms with Gasteiger partial charge >= 0.3 is 0 Å². The lowest BCUT2D eigenvalue weighted by molar-refractivity contribution is -0.113. The summed E-state index contributed by atoms with van der Waals surface area (Å²) in [6.45, 7) is 0. The van der Waals surface area contributed by atoms with E-state index in [0.717, 1.165) is 5.56 Å². The van der Waals surface area contributed by atoms with Gasteiger partial charge in [-0.05, 0) is 42.5 Å². The number of aromatic nitrogens is 4. The number of halogens is 2. The number of methoxy groups -OCH3 is 1. The van der Waals surface area contributed by atoms with Gasteiger partial charge in [-0.3, -0.25) is 9.47 Å². The average Bonchev–Trinajstić information content (AvgIpc) is 3.43. The van der Waals surface area contributed by atoms with Gasteiger partial charge in [0.05, 0.1) is 29.1 Å². The van der Waals surface area contributed by atoms with Crippen molar-refractivity contribution >= 4 is 46.6 Å². The zero-order chi connectivity index (χ0) is 21.8. The number of para-hydroxylation sites is 1. The lowest BCUT2D eigenvalue weighted by Gasteiger charge is -2.13. The Morgan fingerprint density at radius 1 is 1.10 bits per heavy atom. The molecule has 0 aliphatic rings. The number of ether oxygens (including phenoxy) is 1. The third kappa shape index (κ3) is 4.71. The molecule has 0 saturated heterocycles. The molecule has 7 nitrogen and oxygen atoms in total. The predicted molar refractivity (Wildman–Crippen MR) is 123 cm³/mol. The molecular weight excluding hydrogens is 457 g/mol. The summed E-state index contributed by atoms with van der Waals surface area (Å²) < 4.78 is 9.15. The minimum absolute atomic E-state index is 0.115. The molecule has 31 heavy (non-hydrogen) atoms. The molecule has 2 heterocycles. The summed E-state index contributed by atoms with van der Waals surface area (Å²) in [5, 5.41) is 12.9. The van der Waals surface area contributed by atoms with Crippen LogP contribution in [0, 0.1) is 0 Å². The highest BCUT2D eigenvalue weighted by Crippen LogP contribution is 2.31. The molecule has 0 bridgehead atoms. The van der Waals surface area contributed by atoms with E-state index in [9.17, 15) is 4.79 Å². The van der Waals surface area contributed by atoms with E-state index in [-0.39, 0.29) is 11.7 Å². The van der Waals surface area contributed by atoms with Gasteiger partial charge in [-0.25, -0.2) is 4.68 Å². The van der Waals surface area contributed by atoms with Gasteiger partial charge in [-0.1, -0.05) is 47.1 Å². The van der Waals surface area contributed by atoms with E-state index < -0.39 is 0 Å². The average molecular weight is 474 g/mol. The minimum atomic E-state index is -0.227. The van der Waals surface area contributed by atoms with Crippen LogP contribution in [0.4, 0.5) is 5.69 Å². The number of nitrogens with one attached hydrogen (secondary N) is 1. The van der Waals surface area contributed by atoms with E-state index in [2.05, 4.69) is 15.5 Å². The summed E-state index contributed by atoms with van der Waals surface area (Å²) in [4.78, 5) is 12.5. The van der Waals surface area contributed by atoms with Crippen molar-refractivity contribution in [2.75, 3.05) is 18.2 Å². The SMILES string of the molecule is COc1ccccc1-c1nnc(SCC(=O)Nc2ccc(Cl)cc2Cl)n1-n1cccc1. The Balaban J connectivity index is 1.59. The van der Waals surface area contributed by atoms with Gasteiger partial charge in [0.15, 0.2) is 5.82 Å². The third-order valence-electron chi connectivity index (χ3n) is 4.32. The molecule has 0 aliphatic heterocycles. The van der Waals surface area contributed by atoms with Crippen LogP contribution >= 0.6 is 35.0 Å². The molecule has 0 atom stereocenters. The van der Waals surface area contributed by atoms with Gasteiger partial charge in [-0.2, -0.15) is 0 Å². The first-order valence-electron chi connectivity index (χ1n) is 9.17. The number of hydrogen-bond donors (Lipinski definition) is 1. The Kier molecular flexibility index (Phi) is 6.50. The van der Waals surface area contributed by atoms with Crippen LogP contribution in [-0.2, 0) is 4.79 Å². The smallest absolute Gasteiger partial charge is 0.234 e. The highest BCUT2D eigenvalue weighted by atomic mass is 35.5. The molecule has 2 aromatic heterocycles. The van der Waals surface area contributed by atoms with E-state index in [1.54, 1.807) is 25.3 Å². The van der Waals surface area contributed by atoms with Crippen molar-refractivity contribution in [3.8, 4) is 17.1 Å². The van der Waals surface area contributed by atoms with Crippen LogP contribution in [0.15, 0.2) is 72.1 Å². The Morgan fingerprint density at radius 3 is 2.61 bits per heavy atom. The van der Waals surface area contributed by atoms with Crippen LogP contribution in [0.25, 0.3) is 11.4 Å². The Hall–Kier alpha value is -2.94. The summed E-state index contributed by atoms with van der Waals surface area (Å²) in [6, 6.07) is 16.3. The fourth-order valence-electron chi connectivity index (χ4n) is 2.93. The van der Waals surface area contributed by atoms with E-state index in [1.165, 1.54) is 11.8 Å². The first-order valence-corrected chi connectivity index (χ1v) is 10.9. The van der Waals surface area contributed by atoms with Crippen LogP contribution in [0.3, 0.4) is 0 Å². The number of carbonyl (C=O) groups is 1. The monoisotopic (exact) mass is 473 g/mol. The molecule has 158 valence electrons. The van der Waals surface area contributed by atoms with Crippen molar-refractivity contribution in [3.63, 3.8) is 0 Å². The maximum absolute atomic E-state index is 12.5. The van der Waals surface area contributed by atoms with E-state index in [1.807, 2.05) is 58.1 Å². The van der Waals surface area contributed by atoms with Crippen LogP contribution in [0.1, 0.15) is 0 Å².